The van der Waals surface area contributed by atoms with E-state index in [-0.39, 0.29) is 16.5 Å². The molecule has 0 unspecified atom stereocenters. The summed E-state index contributed by atoms with van der Waals surface area (Å²) < 4.78 is 0.297. The van der Waals surface area contributed by atoms with E-state index in [9.17, 15) is 10.1 Å². The Kier molecular flexibility index (Phi) is 3.05. The molecule has 0 aliphatic heterocycles. The van der Waals surface area contributed by atoms with Crippen LogP contribution < -0.4 is 5.32 Å². The van der Waals surface area contributed by atoms with Crippen LogP contribution >= 0.6 is 27.5 Å². The summed E-state index contributed by atoms with van der Waals surface area (Å²) in [5, 5.41) is 13.3. The molecule has 1 aromatic heterocycles. The minimum atomic E-state index is -0.524. The van der Waals surface area contributed by atoms with E-state index < -0.39 is 4.92 Å². The van der Waals surface area contributed by atoms with Gasteiger partial charge in [0.1, 0.15) is 4.47 Å². The van der Waals surface area contributed by atoms with Gasteiger partial charge in [-0.2, -0.15) is 0 Å². The van der Waals surface area contributed by atoms with Gasteiger partial charge >= 0.3 is 5.69 Å². The van der Waals surface area contributed by atoms with Crippen molar-refractivity contribution in [3.8, 4) is 0 Å². The molecule has 0 radical (unpaired) electrons. The lowest BCUT2D eigenvalue weighted by Crippen LogP contribution is -1.99. The van der Waals surface area contributed by atoms with Crippen molar-refractivity contribution in [2.45, 2.75) is 0 Å². The Labute approximate surface area is 87.4 Å². The van der Waals surface area contributed by atoms with Crippen LogP contribution in [0.25, 0.3) is 0 Å². The van der Waals surface area contributed by atoms with Gasteiger partial charge in [-0.25, -0.2) is 4.98 Å². The largest absolute Gasteiger partial charge is 0.380 e. The number of aromatic nitrogens is 1. The summed E-state index contributed by atoms with van der Waals surface area (Å²) in [7, 11) is 1.54. The molecule has 0 amide bonds. The monoisotopic (exact) mass is 265 g/mol. The van der Waals surface area contributed by atoms with Crippen molar-refractivity contribution < 1.29 is 4.92 Å². The first-order valence-electron chi connectivity index (χ1n) is 3.24. The molecule has 0 saturated carbocycles. The van der Waals surface area contributed by atoms with Gasteiger partial charge in [0, 0.05) is 13.2 Å². The molecule has 1 rings (SSSR count). The summed E-state index contributed by atoms with van der Waals surface area (Å²) in [5.74, 6) is 0. The minimum absolute atomic E-state index is 0.0809. The van der Waals surface area contributed by atoms with E-state index in [1.807, 2.05) is 0 Å². The zero-order valence-corrected chi connectivity index (χ0v) is 8.89. The van der Waals surface area contributed by atoms with Gasteiger partial charge in [-0.3, -0.25) is 10.1 Å². The smallest absolute Gasteiger partial charge is 0.311 e. The molecule has 1 aromatic rings. The standard InChI is InChI=1S/C6H5BrClN3O2/c1-9-4-5(11(12)13)3(7)2-10-6(4)8/h2,9H,1H3. The molecular formula is C6H5BrClN3O2. The molecule has 0 aliphatic rings. The number of nitro groups is 1. The average Bonchev–Trinajstić information content (AvgIpc) is 2.07. The van der Waals surface area contributed by atoms with E-state index in [1.54, 1.807) is 7.05 Å². The van der Waals surface area contributed by atoms with Crippen molar-refractivity contribution in [2.75, 3.05) is 12.4 Å². The van der Waals surface area contributed by atoms with Crippen molar-refractivity contribution in [1.29, 1.82) is 0 Å². The summed E-state index contributed by atoms with van der Waals surface area (Å²) in [6, 6.07) is 0. The number of anilines is 1. The highest BCUT2D eigenvalue weighted by Crippen LogP contribution is 2.36. The number of pyridine rings is 1. The molecule has 0 bridgehead atoms. The Morgan fingerprint density at radius 1 is 1.77 bits per heavy atom. The van der Waals surface area contributed by atoms with Gasteiger partial charge in [-0.1, -0.05) is 11.6 Å². The van der Waals surface area contributed by atoms with Gasteiger partial charge < -0.3 is 5.32 Å². The number of rotatable bonds is 2. The Morgan fingerprint density at radius 2 is 2.38 bits per heavy atom. The van der Waals surface area contributed by atoms with Crippen LogP contribution in [-0.2, 0) is 0 Å². The Balaban J connectivity index is 3.43. The fourth-order valence-electron chi connectivity index (χ4n) is 0.856. The molecule has 7 heteroatoms. The fraction of sp³-hybridized carbons (Fsp3) is 0.167. The quantitative estimate of drug-likeness (QED) is 0.507. The third-order valence-electron chi connectivity index (χ3n) is 1.39. The Morgan fingerprint density at radius 3 is 2.77 bits per heavy atom. The summed E-state index contributed by atoms with van der Waals surface area (Å²) >= 11 is 8.67. The van der Waals surface area contributed by atoms with Gasteiger partial charge in [0.2, 0.25) is 0 Å². The number of hydrogen-bond acceptors (Lipinski definition) is 4. The van der Waals surface area contributed by atoms with Crippen molar-refractivity contribution in [3.05, 3.63) is 25.9 Å². The second-order valence-electron chi connectivity index (χ2n) is 2.13. The van der Waals surface area contributed by atoms with Crippen molar-refractivity contribution in [1.82, 2.24) is 4.98 Å². The summed E-state index contributed by atoms with van der Waals surface area (Å²) in [4.78, 5) is 13.8. The maximum Gasteiger partial charge on any atom is 0.311 e. The molecule has 1 N–H and O–H groups in total. The molecule has 70 valence electrons. The molecule has 0 spiro atoms. The lowest BCUT2D eigenvalue weighted by atomic mass is 10.3. The second-order valence-corrected chi connectivity index (χ2v) is 3.34. The molecule has 5 nitrogen and oxygen atoms in total. The summed E-state index contributed by atoms with van der Waals surface area (Å²) in [5.41, 5.74) is 0.101. The maximum absolute atomic E-state index is 10.6. The van der Waals surface area contributed by atoms with Crippen LogP contribution in [-0.4, -0.2) is 17.0 Å². The van der Waals surface area contributed by atoms with Crippen molar-refractivity contribution in [2.24, 2.45) is 0 Å². The number of hydrogen-bond donors (Lipinski definition) is 1. The summed E-state index contributed by atoms with van der Waals surface area (Å²) in [6.45, 7) is 0. The van der Waals surface area contributed by atoms with Crippen molar-refractivity contribution >= 4 is 38.9 Å². The third kappa shape index (κ3) is 1.89. The first kappa shape index (κ1) is 10.2. The fourth-order valence-corrected chi connectivity index (χ4v) is 1.53. The van der Waals surface area contributed by atoms with E-state index in [2.05, 4.69) is 26.2 Å². The molecular weight excluding hydrogens is 261 g/mol. The van der Waals surface area contributed by atoms with E-state index in [1.165, 1.54) is 6.20 Å². The van der Waals surface area contributed by atoms with E-state index >= 15 is 0 Å². The van der Waals surface area contributed by atoms with Crippen LogP contribution in [0.1, 0.15) is 0 Å². The van der Waals surface area contributed by atoms with Gasteiger partial charge in [0.25, 0.3) is 0 Å². The van der Waals surface area contributed by atoms with Crippen LogP contribution in [0, 0.1) is 10.1 Å². The molecule has 0 aromatic carbocycles. The third-order valence-corrected chi connectivity index (χ3v) is 2.26. The number of nitrogens with one attached hydrogen (secondary N) is 1. The molecule has 0 fully saturated rings. The Bertz CT molecular complexity index is 358. The molecule has 0 saturated heterocycles. The summed E-state index contributed by atoms with van der Waals surface area (Å²) in [6.07, 6.45) is 1.29. The van der Waals surface area contributed by atoms with Gasteiger partial charge in [-0.05, 0) is 15.9 Å². The predicted octanol–water partition coefficient (Wildman–Crippen LogP) is 2.45. The van der Waals surface area contributed by atoms with Crippen LogP contribution in [0.15, 0.2) is 10.7 Å². The minimum Gasteiger partial charge on any atom is -0.380 e. The molecule has 1 heterocycles. The van der Waals surface area contributed by atoms with Crippen molar-refractivity contribution in [3.63, 3.8) is 0 Å². The highest BCUT2D eigenvalue weighted by Gasteiger charge is 2.21. The SMILES string of the molecule is CNc1c(Cl)ncc(Br)c1[N+](=O)[O-]. The highest BCUT2D eigenvalue weighted by molar-refractivity contribution is 9.10. The molecule has 13 heavy (non-hydrogen) atoms. The van der Waals surface area contributed by atoms with Crippen LogP contribution in [0.5, 0.6) is 0 Å². The van der Waals surface area contributed by atoms with E-state index in [4.69, 9.17) is 11.6 Å². The molecule has 0 atom stereocenters. The zero-order chi connectivity index (χ0) is 10.0. The lowest BCUT2D eigenvalue weighted by Gasteiger charge is -2.04. The van der Waals surface area contributed by atoms with E-state index in [0.29, 0.717) is 4.47 Å². The second kappa shape index (κ2) is 3.89. The van der Waals surface area contributed by atoms with Gasteiger partial charge in [0.05, 0.1) is 4.92 Å². The normalized spacial score (nSPS) is 9.77. The lowest BCUT2D eigenvalue weighted by molar-refractivity contribution is -0.384. The number of nitrogens with zero attached hydrogens (tertiary/aromatic N) is 2. The Hall–Kier alpha value is -0.880. The van der Waals surface area contributed by atoms with Gasteiger partial charge in [0.15, 0.2) is 10.8 Å². The van der Waals surface area contributed by atoms with Crippen LogP contribution in [0.2, 0.25) is 5.15 Å². The number of halogens is 2. The highest BCUT2D eigenvalue weighted by atomic mass is 79.9. The topological polar surface area (TPSA) is 68.1 Å². The zero-order valence-electron chi connectivity index (χ0n) is 6.54. The molecule has 0 aliphatic carbocycles. The predicted molar refractivity (Wildman–Crippen MR) is 53.1 cm³/mol. The van der Waals surface area contributed by atoms with E-state index in [0.717, 1.165) is 0 Å². The van der Waals surface area contributed by atoms with Crippen LogP contribution in [0.3, 0.4) is 0 Å². The maximum atomic E-state index is 10.6. The van der Waals surface area contributed by atoms with Gasteiger partial charge in [-0.15, -0.1) is 0 Å². The van der Waals surface area contributed by atoms with Crippen LogP contribution in [0.4, 0.5) is 11.4 Å². The first-order chi connectivity index (χ1) is 6.07. The average molecular weight is 266 g/mol. The first-order valence-corrected chi connectivity index (χ1v) is 4.41.